The van der Waals surface area contributed by atoms with Crippen molar-refractivity contribution in [3.63, 3.8) is 0 Å². The Hall–Kier alpha value is -0.260. The summed E-state index contributed by atoms with van der Waals surface area (Å²) >= 11 is 0. The molecule has 1 atom stereocenters. The van der Waals surface area contributed by atoms with Crippen LogP contribution in [0.5, 0.6) is 0 Å². The van der Waals surface area contributed by atoms with E-state index in [1.807, 2.05) is 5.57 Å². The Bertz CT molecular complexity index is 190. The molecule has 80 valence electrons. The third-order valence-electron chi connectivity index (χ3n) is 3.96. The van der Waals surface area contributed by atoms with Crippen LogP contribution in [0.2, 0.25) is 0 Å². The van der Waals surface area contributed by atoms with Crippen molar-refractivity contribution in [3.05, 3.63) is 11.6 Å². The van der Waals surface area contributed by atoms with Gasteiger partial charge >= 0.3 is 0 Å². The molecule has 0 aliphatic heterocycles. The second-order valence-corrected chi connectivity index (χ2v) is 5.08. The Balaban J connectivity index is 1.75. The fourth-order valence-corrected chi connectivity index (χ4v) is 2.84. The smallest absolute Gasteiger partial charge is 0.0169 e. The Morgan fingerprint density at radius 1 is 0.786 bits per heavy atom. The zero-order chi connectivity index (χ0) is 9.64. The van der Waals surface area contributed by atoms with Crippen LogP contribution >= 0.6 is 0 Å². The van der Waals surface area contributed by atoms with E-state index in [4.69, 9.17) is 0 Å². The summed E-state index contributed by atoms with van der Waals surface area (Å²) in [7, 11) is 0. The highest BCUT2D eigenvalue weighted by atomic mass is 14.2. The number of hydrogen-bond acceptors (Lipinski definition) is 0. The Morgan fingerprint density at radius 3 is 2.07 bits per heavy atom. The molecule has 0 aromatic heterocycles. The molecule has 2 aliphatic carbocycles. The Kier molecular flexibility index (Phi) is 4.09. The highest BCUT2D eigenvalue weighted by Gasteiger charge is 2.19. The molecule has 0 heterocycles. The summed E-state index contributed by atoms with van der Waals surface area (Å²) in [5, 5.41) is 0. The van der Waals surface area contributed by atoms with Gasteiger partial charge in [-0.3, -0.25) is 0 Å². The molecule has 0 aromatic rings. The fraction of sp³-hybridized carbons (Fsp3) is 0.857. The number of rotatable bonds is 0. The van der Waals surface area contributed by atoms with Gasteiger partial charge < -0.3 is 0 Å². The number of hydrogen-bond donors (Lipinski definition) is 0. The van der Waals surface area contributed by atoms with Crippen LogP contribution in [0.4, 0.5) is 0 Å². The minimum atomic E-state index is 1.01. The first-order chi connectivity index (χ1) is 6.97. The topological polar surface area (TPSA) is 0 Å². The van der Waals surface area contributed by atoms with Crippen LogP contribution < -0.4 is 0 Å². The fourth-order valence-electron chi connectivity index (χ4n) is 2.84. The molecule has 2 aliphatic rings. The van der Waals surface area contributed by atoms with Gasteiger partial charge in [-0.15, -0.1) is 0 Å². The van der Waals surface area contributed by atoms with Crippen LogP contribution in [0.15, 0.2) is 11.6 Å². The first-order valence-electron chi connectivity index (χ1n) is 6.66. The van der Waals surface area contributed by atoms with Gasteiger partial charge in [-0.1, -0.05) is 56.6 Å². The number of fused-ring (bicyclic) bond motifs is 1. The highest BCUT2D eigenvalue weighted by molar-refractivity contribution is 5.17. The summed E-state index contributed by atoms with van der Waals surface area (Å²) in [5.41, 5.74) is 1.81. The van der Waals surface area contributed by atoms with E-state index >= 15 is 0 Å². The van der Waals surface area contributed by atoms with Gasteiger partial charge in [-0.2, -0.15) is 0 Å². The summed E-state index contributed by atoms with van der Waals surface area (Å²) in [5.74, 6) is 1.01. The van der Waals surface area contributed by atoms with Crippen LogP contribution in [-0.4, -0.2) is 0 Å². The highest BCUT2D eigenvalue weighted by Crippen LogP contribution is 2.35. The third-order valence-corrected chi connectivity index (χ3v) is 3.96. The van der Waals surface area contributed by atoms with Crippen LogP contribution in [0, 0.1) is 5.92 Å². The molecule has 1 fully saturated rings. The van der Waals surface area contributed by atoms with Gasteiger partial charge in [0.2, 0.25) is 0 Å². The molecule has 0 amide bonds. The van der Waals surface area contributed by atoms with Crippen molar-refractivity contribution in [2.45, 2.75) is 70.6 Å². The van der Waals surface area contributed by atoms with Gasteiger partial charge in [-0.05, 0) is 31.6 Å². The predicted molar refractivity (Wildman–Crippen MR) is 62.4 cm³/mol. The molecule has 0 unspecified atom stereocenters. The molecule has 0 N–H and O–H groups in total. The lowest BCUT2D eigenvalue weighted by atomic mass is 9.78. The maximum Gasteiger partial charge on any atom is -0.0169 e. The summed E-state index contributed by atoms with van der Waals surface area (Å²) in [4.78, 5) is 0. The summed E-state index contributed by atoms with van der Waals surface area (Å²) in [6, 6.07) is 0. The normalized spacial score (nSPS) is 30.3. The van der Waals surface area contributed by atoms with Crippen molar-refractivity contribution in [1.29, 1.82) is 0 Å². The Morgan fingerprint density at radius 2 is 1.43 bits per heavy atom. The standard InChI is InChI=1S/C14H24/c1-2-4-6-8-10-14-12-11-13(14)9-7-5-3-1/h11,14H,1-10,12H2/t14-/m1/s1. The minimum Gasteiger partial charge on any atom is -0.0844 e. The van der Waals surface area contributed by atoms with E-state index in [0.29, 0.717) is 0 Å². The van der Waals surface area contributed by atoms with Gasteiger partial charge in [0.05, 0.1) is 0 Å². The molecule has 0 bridgehead atoms. The second kappa shape index (κ2) is 5.58. The summed E-state index contributed by atoms with van der Waals surface area (Å²) in [6.45, 7) is 0. The van der Waals surface area contributed by atoms with Crippen molar-refractivity contribution in [1.82, 2.24) is 0 Å². The summed E-state index contributed by atoms with van der Waals surface area (Å²) < 4.78 is 0. The molecule has 0 nitrogen and oxygen atoms in total. The molecule has 0 spiro atoms. The van der Waals surface area contributed by atoms with E-state index in [1.54, 1.807) is 0 Å². The van der Waals surface area contributed by atoms with Crippen molar-refractivity contribution in [2.24, 2.45) is 5.92 Å². The van der Waals surface area contributed by atoms with Gasteiger partial charge in [0.25, 0.3) is 0 Å². The van der Waals surface area contributed by atoms with E-state index in [9.17, 15) is 0 Å². The average molecular weight is 192 g/mol. The molecule has 2 rings (SSSR count). The zero-order valence-electron chi connectivity index (χ0n) is 9.43. The lowest BCUT2D eigenvalue weighted by Crippen LogP contribution is -2.12. The SMILES string of the molecule is C1=C2CCCCCCCCCC[C@@H]2C1. The minimum absolute atomic E-state index is 1.01. The van der Waals surface area contributed by atoms with E-state index in [0.717, 1.165) is 5.92 Å². The molecular formula is C14H24. The Labute approximate surface area is 88.8 Å². The van der Waals surface area contributed by atoms with Gasteiger partial charge in [-0.25, -0.2) is 0 Å². The molecule has 0 heteroatoms. The molecule has 0 aromatic carbocycles. The average Bonchev–Trinajstić information content (AvgIpc) is 2.16. The van der Waals surface area contributed by atoms with Crippen LogP contribution in [0.1, 0.15) is 70.6 Å². The molecule has 14 heavy (non-hydrogen) atoms. The van der Waals surface area contributed by atoms with E-state index in [2.05, 4.69) is 6.08 Å². The summed E-state index contributed by atoms with van der Waals surface area (Å²) in [6.07, 6.45) is 18.7. The molecular weight excluding hydrogens is 168 g/mol. The van der Waals surface area contributed by atoms with Crippen molar-refractivity contribution in [3.8, 4) is 0 Å². The van der Waals surface area contributed by atoms with E-state index in [-0.39, 0.29) is 0 Å². The lowest BCUT2D eigenvalue weighted by molar-refractivity contribution is 0.440. The molecule has 0 radical (unpaired) electrons. The maximum atomic E-state index is 2.50. The molecule has 1 saturated carbocycles. The lowest BCUT2D eigenvalue weighted by Gasteiger charge is -2.28. The first kappa shape index (κ1) is 10.3. The monoisotopic (exact) mass is 192 g/mol. The van der Waals surface area contributed by atoms with Crippen molar-refractivity contribution >= 4 is 0 Å². The predicted octanol–water partition coefficient (Wildman–Crippen LogP) is 4.85. The van der Waals surface area contributed by atoms with Crippen LogP contribution in [0.3, 0.4) is 0 Å². The quantitative estimate of drug-likeness (QED) is 0.481. The van der Waals surface area contributed by atoms with Gasteiger partial charge in [0.15, 0.2) is 0 Å². The van der Waals surface area contributed by atoms with Crippen molar-refractivity contribution < 1.29 is 0 Å². The van der Waals surface area contributed by atoms with E-state index < -0.39 is 0 Å². The largest absolute Gasteiger partial charge is 0.0844 e. The van der Waals surface area contributed by atoms with Gasteiger partial charge in [0.1, 0.15) is 0 Å². The van der Waals surface area contributed by atoms with E-state index in [1.165, 1.54) is 70.6 Å². The van der Waals surface area contributed by atoms with Gasteiger partial charge in [0, 0.05) is 0 Å². The van der Waals surface area contributed by atoms with Crippen molar-refractivity contribution in [2.75, 3.05) is 0 Å². The third kappa shape index (κ3) is 2.87. The van der Waals surface area contributed by atoms with Crippen LogP contribution in [0.25, 0.3) is 0 Å². The van der Waals surface area contributed by atoms with Crippen LogP contribution in [-0.2, 0) is 0 Å². The molecule has 0 saturated heterocycles. The first-order valence-corrected chi connectivity index (χ1v) is 6.66. The second-order valence-electron chi connectivity index (χ2n) is 5.08. The number of allylic oxidation sites excluding steroid dienone is 2. The zero-order valence-corrected chi connectivity index (χ0v) is 9.43. The maximum absolute atomic E-state index is 2.50.